The number of sulfonamides is 1. The van der Waals surface area contributed by atoms with E-state index in [2.05, 4.69) is 0 Å². The van der Waals surface area contributed by atoms with Gasteiger partial charge in [0.15, 0.2) is 0 Å². The Balaban J connectivity index is 1.50. The molecule has 0 saturated carbocycles. The molecule has 1 fully saturated rings. The quantitative estimate of drug-likeness (QED) is 0.683. The second-order valence-corrected chi connectivity index (χ2v) is 9.09. The van der Waals surface area contributed by atoms with E-state index in [1.165, 1.54) is 10.4 Å². The number of carbonyl (C=O) groups is 1. The average Bonchev–Trinajstić information content (AvgIpc) is 3.22. The minimum atomic E-state index is -3.55. The van der Waals surface area contributed by atoms with E-state index in [-0.39, 0.29) is 10.8 Å². The SMILES string of the molecule is COc1ccc(/C=C/C(=O)N2CCc3cc(S(=O)(=O)N4CCOCC4)ccc32)cc1. The highest BCUT2D eigenvalue weighted by Crippen LogP contribution is 2.31. The Kier molecular flexibility index (Phi) is 5.90. The van der Waals surface area contributed by atoms with Gasteiger partial charge in [-0.05, 0) is 54.0 Å². The van der Waals surface area contributed by atoms with Crippen LogP contribution in [-0.2, 0) is 26.0 Å². The first kappa shape index (κ1) is 20.6. The van der Waals surface area contributed by atoms with Crippen LogP contribution in [0.1, 0.15) is 11.1 Å². The van der Waals surface area contributed by atoms with E-state index < -0.39 is 10.0 Å². The van der Waals surface area contributed by atoms with Crippen molar-refractivity contribution in [3.63, 3.8) is 0 Å². The van der Waals surface area contributed by atoms with Crippen molar-refractivity contribution in [1.82, 2.24) is 4.31 Å². The monoisotopic (exact) mass is 428 g/mol. The number of methoxy groups -OCH3 is 1. The van der Waals surface area contributed by atoms with Crippen molar-refractivity contribution in [2.45, 2.75) is 11.3 Å². The summed E-state index contributed by atoms with van der Waals surface area (Å²) in [5.74, 6) is 0.628. The highest BCUT2D eigenvalue weighted by Gasteiger charge is 2.29. The zero-order chi connectivity index (χ0) is 21.1. The molecule has 2 aliphatic rings. The molecule has 0 unspecified atom stereocenters. The number of hydrogen-bond donors (Lipinski definition) is 0. The van der Waals surface area contributed by atoms with Crippen LogP contribution in [0.3, 0.4) is 0 Å². The van der Waals surface area contributed by atoms with Crippen LogP contribution in [0.2, 0.25) is 0 Å². The number of amides is 1. The molecule has 7 nitrogen and oxygen atoms in total. The molecule has 0 bridgehead atoms. The first-order chi connectivity index (χ1) is 14.5. The molecular formula is C22H24N2O5S. The van der Waals surface area contributed by atoms with Gasteiger partial charge in [-0.2, -0.15) is 4.31 Å². The van der Waals surface area contributed by atoms with E-state index in [0.717, 1.165) is 22.6 Å². The van der Waals surface area contributed by atoms with E-state index in [1.54, 1.807) is 36.3 Å². The van der Waals surface area contributed by atoms with Crippen molar-refractivity contribution in [3.05, 3.63) is 59.7 Å². The van der Waals surface area contributed by atoms with Crippen LogP contribution in [0.15, 0.2) is 53.4 Å². The second kappa shape index (κ2) is 8.59. The van der Waals surface area contributed by atoms with Crippen molar-refractivity contribution in [3.8, 4) is 5.75 Å². The zero-order valence-corrected chi connectivity index (χ0v) is 17.6. The van der Waals surface area contributed by atoms with Crippen molar-refractivity contribution >= 4 is 27.7 Å². The maximum atomic E-state index is 12.9. The minimum Gasteiger partial charge on any atom is -0.497 e. The molecule has 8 heteroatoms. The Morgan fingerprint density at radius 2 is 1.80 bits per heavy atom. The lowest BCUT2D eigenvalue weighted by atomic mass is 10.2. The van der Waals surface area contributed by atoms with Crippen LogP contribution < -0.4 is 9.64 Å². The Labute approximate surface area is 176 Å². The summed E-state index contributed by atoms with van der Waals surface area (Å²) in [5.41, 5.74) is 2.53. The fourth-order valence-corrected chi connectivity index (χ4v) is 5.14. The molecule has 0 aliphatic carbocycles. The molecule has 1 amide bonds. The molecule has 2 aromatic rings. The lowest BCUT2D eigenvalue weighted by molar-refractivity contribution is -0.114. The maximum absolute atomic E-state index is 12.9. The molecule has 1 saturated heterocycles. The van der Waals surface area contributed by atoms with Crippen LogP contribution >= 0.6 is 0 Å². The molecule has 0 atom stereocenters. The van der Waals surface area contributed by atoms with Gasteiger partial charge in [-0.25, -0.2) is 8.42 Å². The largest absolute Gasteiger partial charge is 0.497 e. The fourth-order valence-electron chi connectivity index (χ4n) is 3.68. The highest BCUT2D eigenvalue weighted by atomic mass is 32.2. The summed E-state index contributed by atoms with van der Waals surface area (Å²) < 4.78 is 37.6. The van der Waals surface area contributed by atoms with Crippen LogP contribution in [-0.4, -0.2) is 58.6 Å². The lowest BCUT2D eigenvalue weighted by Crippen LogP contribution is -2.40. The van der Waals surface area contributed by atoms with Crippen LogP contribution in [0.25, 0.3) is 6.08 Å². The van der Waals surface area contributed by atoms with E-state index in [4.69, 9.17) is 9.47 Å². The standard InChI is InChI=1S/C22H24N2O5S/c1-28-19-5-2-17(3-6-19)4-9-22(25)24-11-10-18-16-20(7-8-21(18)24)30(26,27)23-12-14-29-15-13-23/h2-9,16H,10-15H2,1H3/b9-4+. The number of anilines is 1. The number of carbonyl (C=O) groups excluding carboxylic acids is 1. The lowest BCUT2D eigenvalue weighted by Gasteiger charge is -2.26. The van der Waals surface area contributed by atoms with E-state index in [0.29, 0.717) is 39.3 Å². The van der Waals surface area contributed by atoms with Gasteiger partial charge in [-0.1, -0.05) is 12.1 Å². The van der Waals surface area contributed by atoms with Gasteiger partial charge >= 0.3 is 0 Å². The summed E-state index contributed by atoms with van der Waals surface area (Å²) >= 11 is 0. The first-order valence-corrected chi connectivity index (χ1v) is 11.3. The van der Waals surface area contributed by atoms with Gasteiger partial charge in [-0.15, -0.1) is 0 Å². The number of rotatable bonds is 5. The first-order valence-electron chi connectivity index (χ1n) is 9.83. The van der Waals surface area contributed by atoms with Crippen molar-refractivity contribution in [2.75, 3.05) is 44.9 Å². The molecular weight excluding hydrogens is 404 g/mol. The van der Waals surface area contributed by atoms with Crippen LogP contribution in [0, 0.1) is 0 Å². The van der Waals surface area contributed by atoms with Gasteiger partial charge in [0.1, 0.15) is 5.75 Å². The topological polar surface area (TPSA) is 76.2 Å². The summed E-state index contributed by atoms with van der Waals surface area (Å²) in [6.45, 7) is 2.07. The molecule has 0 radical (unpaired) electrons. The molecule has 158 valence electrons. The normalized spacial score (nSPS) is 17.3. The number of hydrogen-bond acceptors (Lipinski definition) is 5. The van der Waals surface area contributed by atoms with Gasteiger partial charge in [0.2, 0.25) is 10.0 Å². The predicted molar refractivity (Wildman–Crippen MR) is 114 cm³/mol. The number of ether oxygens (including phenoxy) is 2. The van der Waals surface area contributed by atoms with Crippen LogP contribution in [0.4, 0.5) is 5.69 Å². The van der Waals surface area contributed by atoms with Gasteiger partial charge < -0.3 is 14.4 Å². The van der Waals surface area contributed by atoms with E-state index in [1.807, 2.05) is 24.3 Å². The minimum absolute atomic E-state index is 0.131. The smallest absolute Gasteiger partial charge is 0.251 e. The summed E-state index contributed by atoms with van der Waals surface area (Å²) in [6.07, 6.45) is 3.93. The molecule has 0 aromatic heterocycles. The Hall–Kier alpha value is -2.68. The van der Waals surface area contributed by atoms with E-state index >= 15 is 0 Å². The number of morpholine rings is 1. The van der Waals surface area contributed by atoms with Gasteiger partial charge in [0.05, 0.1) is 25.2 Å². The third kappa shape index (κ3) is 4.12. The van der Waals surface area contributed by atoms with Crippen molar-refractivity contribution < 1.29 is 22.7 Å². The predicted octanol–water partition coefficient (Wildman–Crippen LogP) is 2.32. The molecule has 2 aliphatic heterocycles. The summed E-state index contributed by atoms with van der Waals surface area (Å²) in [4.78, 5) is 14.7. The summed E-state index contributed by atoms with van der Waals surface area (Å²) in [5, 5.41) is 0. The molecule has 0 N–H and O–H groups in total. The Morgan fingerprint density at radius 1 is 1.07 bits per heavy atom. The summed E-state index contributed by atoms with van der Waals surface area (Å²) in [7, 11) is -1.94. The highest BCUT2D eigenvalue weighted by molar-refractivity contribution is 7.89. The third-order valence-electron chi connectivity index (χ3n) is 5.35. The van der Waals surface area contributed by atoms with Crippen LogP contribution in [0.5, 0.6) is 5.75 Å². The second-order valence-electron chi connectivity index (χ2n) is 7.15. The van der Waals surface area contributed by atoms with Gasteiger partial charge in [0, 0.05) is 31.4 Å². The molecule has 4 rings (SSSR count). The van der Waals surface area contributed by atoms with Gasteiger partial charge in [0.25, 0.3) is 5.91 Å². The zero-order valence-electron chi connectivity index (χ0n) is 16.8. The maximum Gasteiger partial charge on any atom is 0.251 e. The van der Waals surface area contributed by atoms with Crippen molar-refractivity contribution in [1.29, 1.82) is 0 Å². The fraction of sp³-hybridized carbons (Fsp3) is 0.318. The Morgan fingerprint density at radius 3 is 2.50 bits per heavy atom. The average molecular weight is 429 g/mol. The van der Waals surface area contributed by atoms with E-state index in [9.17, 15) is 13.2 Å². The third-order valence-corrected chi connectivity index (χ3v) is 7.25. The molecule has 30 heavy (non-hydrogen) atoms. The molecule has 2 heterocycles. The number of fused-ring (bicyclic) bond motifs is 1. The number of benzene rings is 2. The summed E-state index contributed by atoms with van der Waals surface area (Å²) in [6, 6.07) is 12.4. The molecule has 2 aromatic carbocycles. The van der Waals surface area contributed by atoms with Gasteiger partial charge in [-0.3, -0.25) is 4.79 Å². The van der Waals surface area contributed by atoms with Crippen molar-refractivity contribution in [2.24, 2.45) is 0 Å². The Bertz CT molecular complexity index is 1060. The molecule has 0 spiro atoms. The number of nitrogens with zero attached hydrogens (tertiary/aromatic N) is 2.